The minimum atomic E-state index is -0.300. The molecule has 3 aromatic heterocycles. The van der Waals surface area contributed by atoms with Gasteiger partial charge in [-0.15, -0.1) is 0 Å². The standard InChI is InChI=1S/C22H21FN6/c23-19-4-2-1-3-17(19)22-18-8-20(26-12-21(18)27-28-22)15-7-16(11-25-10-15)29-6-5-14(9-24)13-29/h1-4,7-8,10-12,14H,5-6,9,13,24H2,(H,27,28). The Morgan fingerprint density at radius 1 is 1.17 bits per heavy atom. The van der Waals surface area contributed by atoms with Crippen molar-refractivity contribution in [3.05, 3.63) is 60.8 Å². The average molecular weight is 388 g/mol. The number of hydrogen-bond donors (Lipinski definition) is 2. The summed E-state index contributed by atoms with van der Waals surface area (Å²) < 4.78 is 14.3. The summed E-state index contributed by atoms with van der Waals surface area (Å²) in [6.07, 6.45) is 6.52. The molecule has 3 N–H and O–H groups in total. The molecule has 0 amide bonds. The van der Waals surface area contributed by atoms with Crippen molar-refractivity contribution in [3.8, 4) is 22.5 Å². The molecule has 0 radical (unpaired) electrons. The SMILES string of the molecule is NCC1CCN(c2cncc(-c3cc4c(-c5ccccc5F)n[nH]c4cn3)c2)C1. The molecule has 7 heteroatoms. The van der Waals surface area contributed by atoms with E-state index in [2.05, 4.69) is 31.1 Å². The predicted molar refractivity (Wildman–Crippen MR) is 112 cm³/mol. The van der Waals surface area contributed by atoms with Crippen LogP contribution >= 0.6 is 0 Å². The molecular formula is C22H21FN6. The molecule has 1 aromatic carbocycles. The van der Waals surface area contributed by atoms with Crippen LogP contribution in [0.15, 0.2) is 55.0 Å². The zero-order valence-electron chi connectivity index (χ0n) is 15.8. The highest BCUT2D eigenvalue weighted by Crippen LogP contribution is 2.32. The zero-order valence-corrected chi connectivity index (χ0v) is 15.8. The van der Waals surface area contributed by atoms with Gasteiger partial charge in [0, 0.05) is 35.8 Å². The summed E-state index contributed by atoms with van der Waals surface area (Å²) in [6.45, 7) is 2.65. The molecule has 1 unspecified atom stereocenters. The Morgan fingerprint density at radius 2 is 2.07 bits per heavy atom. The van der Waals surface area contributed by atoms with Crippen molar-refractivity contribution in [1.82, 2.24) is 20.2 Å². The van der Waals surface area contributed by atoms with Crippen LogP contribution in [0.4, 0.5) is 10.1 Å². The Bertz CT molecular complexity index is 1170. The highest BCUT2D eigenvalue weighted by Gasteiger charge is 2.22. The van der Waals surface area contributed by atoms with E-state index in [-0.39, 0.29) is 5.82 Å². The van der Waals surface area contributed by atoms with Crippen LogP contribution in [0.3, 0.4) is 0 Å². The van der Waals surface area contributed by atoms with Gasteiger partial charge in [0.2, 0.25) is 0 Å². The second kappa shape index (κ2) is 7.25. The molecule has 29 heavy (non-hydrogen) atoms. The third-order valence-corrected chi connectivity index (χ3v) is 5.58. The van der Waals surface area contributed by atoms with Crippen molar-refractivity contribution in [3.63, 3.8) is 0 Å². The summed E-state index contributed by atoms with van der Waals surface area (Å²) in [6, 6.07) is 10.7. The van der Waals surface area contributed by atoms with Gasteiger partial charge in [0.05, 0.1) is 29.3 Å². The predicted octanol–water partition coefficient (Wildman–Crippen LogP) is 3.61. The monoisotopic (exact) mass is 388 g/mol. The summed E-state index contributed by atoms with van der Waals surface area (Å²) in [5.74, 6) is 0.230. The largest absolute Gasteiger partial charge is 0.370 e. The number of benzene rings is 1. The van der Waals surface area contributed by atoms with Gasteiger partial charge in [-0.3, -0.25) is 15.1 Å². The van der Waals surface area contributed by atoms with Gasteiger partial charge in [0.1, 0.15) is 11.5 Å². The van der Waals surface area contributed by atoms with E-state index < -0.39 is 0 Å². The van der Waals surface area contributed by atoms with Crippen molar-refractivity contribution >= 4 is 16.6 Å². The van der Waals surface area contributed by atoms with Crippen LogP contribution < -0.4 is 10.6 Å². The van der Waals surface area contributed by atoms with Crippen molar-refractivity contribution in [1.29, 1.82) is 0 Å². The topological polar surface area (TPSA) is 83.7 Å². The van der Waals surface area contributed by atoms with Crippen LogP contribution in [0.25, 0.3) is 33.4 Å². The Morgan fingerprint density at radius 3 is 2.90 bits per heavy atom. The first-order valence-electron chi connectivity index (χ1n) is 9.72. The van der Waals surface area contributed by atoms with E-state index in [1.54, 1.807) is 30.6 Å². The number of aromatic nitrogens is 4. The molecule has 146 valence electrons. The Kier molecular flexibility index (Phi) is 4.44. The van der Waals surface area contributed by atoms with Crippen LogP contribution in [0.5, 0.6) is 0 Å². The molecule has 1 atom stereocenters. The second-order valence-corrected chi connectivity index (χ2v) is 7.44. The first-order chi connectivity index (χ1) is 14.2. The van der Waals surface area contributed by atoms with E-state index in [4.69, 9.17) is 5.73 Å². The number of fused-ring (bicyclic) bond motifs is 1. The van der Waals surface area contributed by atoms with Crippen molar-refractivity contribution in [2.75, 3.05) is 24.5 Å². The fraction of sp³-hybridized carbons (Fsp3) is 0.227. The van der Waals surface area contributed by atoms with Gasteiger partial charge in [-0.25, -0.2) is 4.39 Å². The van der Waals surface area contributed by atoms with Gasteiger partial charge < -0.3 is 10.6 Å². The van der Waals surface area contributed by atoms with E-state index in [0.717, 1.165) is 47.4 Å². The van der Waals surface area contributed by atoms with Gasteiger partial charge >= 0.3 is 0 Å². The van der Waals surface area contributed by atoms with Gasteiger partial charge in [-0.2, -0.15) is 5.10 Å². The lowest BCUT2D eigenvalue weighted by Crippen LogP contribution is -2.22. The van der Waals surface area contributed by atoms with Crippen LogP contribution in [0, 0.1) is 11.7 Å². The molecule has 6 nitrogen and oxygen atoms in total. The molecule has 4 heterocycles. The normalized spacial score (nSPS) is 16.6. The first-order valence-corrected chi connectivity index (χ1v) is 9.72. The highest BCUT2D eigenvalue weighted by atomic mass is 19.1. The van der Waals surface area contributed by atoms with Crippen LogP contribution in [-0.2, 0) is 0 Å². The maximum Gasteiger partial charge on any atom is 0.132 e. The lowest BCUT2D eigenvalue weighted by Gasteiger charge is -2.18. The fourth-order valence-electron chi connectivity index (χ4n) is 3.93. The maximum absolute atomic E-state index is 14.3. The van der Waals surface area contributed by atoms with E-state index in [1.165, 1.54) is 6.07 Å². The van der Waals surface area contributed by atoms with E-state index in [9.17, 15) is 4.39 Å². The number of aromatic amines is 1. The first kappa shape index (κ1) is 17.8. The highest BCUT2D eigenvalue weighted by molar-refractivity contribution is 5.94. The van der Waals surface area contributed by atoms with Crippen LogP contribution in [0.2, 0.25) is 0 Å². The minimum absolute atomic E-state index is 0.300. The zero-order chi connectivity index (χ0) is 19.8. The molecule has 0 bridgehead atoms. The molecule has 0 spiro atoms. The third kappa shape index (κ3) is 3.23. The quantitative estimate of drug-likeness (QED) is 0.558. The molecule has 5 rings (SSSR count). The number of nitrogens with two attached hydrogens (primary N) is 1. The lowest BCUT2D eigenvalue weighted by atomic mass is 10.1. The molecule has 1 aliphatic rings. The second-order valence-electron chi connectivity index (χ2n) is 7.44. The van der Waals surface area contributed by atoms with Crippen molar-refractivity contribution in [2.45, 2.75) is 6.42 Å². The average Bonchev–Trinajstić information content (AvgIpc) is 3.41. The van der Waals surface area contributed by atoms with Gasteiger partial charge in [-0.1, -0.05) is 12.1 Å². The maximum atomic E-state index is 14.3. The number of H-pyrrole nitrogens is 1. The summed E-state index contributed by atoms with van der Waals surface area (Å²) in [5, 5.41) is 8.09. The summed E-state index contributed by atoms with van der Waals surface area (Å²) in [5.41, 5.74) is 10.4. The van der Waals surface area contributed by atoms with Crippen LogP contribution in [0.1, 0.15) is 6.42 Å². The molecule has 1 aliphatic heterocycles. The summed E-state index contributed by atoms with van der Waals surface area (Å²) in [7, 11) is 0. The van der Waals surface area contributed by atoms with E-state index >= 15 is 0 Å². The number of anilines is 1. The Balaban J connectivity index is 1.54. The lowest BCUT2D eigenvalue weighted by molar-refractivity contribution is 0.602. The molecule has 0 aliphatic carbocycles. The number of nitrogens with one attached hydrogen (secondary N) is 1. The van der Waals surface area contributed by atoms with Gasteiger partial charge in [0.25, 0.3) is 0 Å². The Labute approximate surface area is 167 Å². The number of nitrogens with zero attached hydrogens (tertiary/aromatic N) is 4. The number of halogens is 1. The van der Waals surface area contributed by atoms with Crippen molar-refractivity contribution < 1.29 is 4.39 Å². The van der Waals surface area contributed by atoms with Crippen LogP contribution in [-0.4, -0.2) is 39.8 Å². The van der Waals surface area contributed by atoms with Gasteiger partial charge in [0.15, 0.2) is 0 Å². The molecule has 1 fully saturated rings. The van der Waals surface area contributed by atoms with E-state index in [0.29, 0.717) is 23.7 Å². The summed E-state index contributed by atoms with van der Waals surface area (Å²) >= 11 is 0. The third-order valence-electron chi connectivity index (χ3n) is 5.58. The molecule has 1 saturated heterocycles. The number of pyridine rings is 2. The summed E-state index contributed by atoms with van der Waals surface area (Å²) in [4.78, 5) is 11.3. The minimum Gasteiger partial charge on any atom is -0.370 e. The molecule has 4 aromatic rings. The molecular weight excluding hydrogens is 367 g/mol. The van der Waals surface area contributed by atoms with Crippen molar-refractivity contribution in [2.24, 2.45) is 11.7 Å². The fourth-order valence-corrected chi connectivity index (χ4v) is 3.93. The number of hydrogen-bond acceptors (Lipinski definition) is 5. The number of rotatable bonds is 4. The molecule has 0 saturated carbocycles. The smallest absolute Gasteiger partial charge is 0.132 e. The van der Waals surface area contributed by atoms with E-state index in [1.807, 2.05) is 12.3 Å². The Hall–Kier alpha value is -3.32. The van der Waals surface area contributed by atoms with Gasteiger partial charge in [-0.05, 0) is 43.1 Å².